The number of aliphatic hydroxyl groups excluding tert-OH is 1. The van der Waals surface area contributed by atoms with Gasteiger partial charge >= 0.3 is 5.97 Å². The molecule has 1 N–H and O–H groups in total. The highest BCUT2D eigenvalue weighted by atomic mass is 79.9. The fourth-order valence-corrected chi connectivity index (χ4v) is 2.68. The van der Waals surface area contributed by atoms with Gasteiger partial charge in [0.15, 0.2) is 0 Å². The molecular weight excluding hydrogens is 342 g/mol. The second-order valence-corrected chi connectivity index (χ2v) is 4.75. The number of ether oxygens (including phenoxy) is 1. The predicted octanol–water partition coefficient (Wildman–Crippen LogP) is 2.59. The molecule has 0 amide bonds. The van der Waals surface area contributed by atoms with Gasteiger partial charge in [0, 0.05) is 26.9 Å². The highest BCUT2D eigenvalue weighted by Gasteiger charge is 2.19. The number of aliphatic hydroxyl groups is 1. The van der Waals surface area contributed by atoms with Crippen molar-refractivity contribution in [2.45, 2.75) is 19.4 Å². The van der Waals surface area contributed by atoms with E-state index in [1.54, 1.807) is 19.3 Å². The normalized spacial score (nSPS) is 12.2. The van der Waals surface area contributed by atoms with Crippen LogP contribution in [0.1, 0.15) is 25.0 Å². The summed E-state index contributed by atoms with van der Waals surface area (Å²) in [6, 6.07) is 0. The van der Waals surface area contributed by atoms with E-state index in [1.807, 2.05) is 0 Å². The number of hydrogen-bond acceptors (Lipinski definition) is 4. The average Bonchev–Trinajstić information content (AvgIpc) is 2.17. The van der Waals surface area contributed by atoms with Gasteiger partial charge in [-0.25, -0.2) is 0 Å². The van der Waals surface area contributed by atoms with Crippen molar-refractivity contribution in [1.82, 2.24) is 4.98 Å². The SMILES string of the molecule is CCOC(=O)CC(O)c1c(Br)cncc1Br. The Morgan fingerprint density at radius 1 is 1.50 bits per heavy atom. The van der Waals surface area contributed by atoms with Crippen LogP contribution >= 0.6 is 31.9 Å². The number of nitrogens with zero attached hydrogens (tertiary/aromatic N) is 1. The molecule has 0 saturated carbocycles. The molecule has 0 saturated heterocycles. The highest BCUT2D eigenvalue weighted by Crippen LogP contribution is 2.31. The lowest BCUT2D eigenvalue weighted by molar-refractivity contribution is -0.145. The van der Waals surface area contributed by atoms with Gasteiger partial charge in [0.25, 0.3) is 0 Å². The standard InChI is InChI=1S/C10H11Br2NO3/c1-2-16-9(15)3-8(14)10-6(11)4-13-5-7(10)12/h4-5,8,14H,2-3H2,1H3. The molecule has 1 aromatic rings. The summed E-state index contributed by atoms with van der Waals surface area (Å²) in [6.07, 6.45) is 2.14. The lowest BCUT2D eigenvalue weighted by Gasteiger charge is -2.13. The van der Waals surface area contributed by atoms with E-state index in [-0.39, 0.29) is 6.42 Å². The molecule has 0 aliphatic carbocycles. The minimum absolute atomic E-state index is 0.0744. The largest absolute Gasteiger partial charge is 0.466 e. The molecule has 88 valence electrons. The van der Waals surface area contributed by atoms with Crippen LogP contribution in [0.2, 0.25) is 0 Å². The van der Waals surface area contributed by atoms with E-state index in [0.717, 1.165) is 0 Å². The summed E-state index contributed by atoms with van der Waals surface area (Å²) >= 11 is 6.54. The van der Waals surface area contributed by atoms with Crippen LogP contribution in [-0.2, 0) is 9.53 Å². The second-order valence-electron chi connectivity index (χ2n) is 3.04. The topological polar surface area (TPSA) is 59.4 Å². The number of hydrogen-bond donors (Lipinski definition) is 1. The molecule has 1 rings (SSSR count). The minimum Gasteiger partial charge on any atom is -0.466 e. The molecule has 1 heterocycles. The van der Waals surface area contributed by atoms with Crippen LogP contribution in [0.25, 0.3) is 0 Å². The first kappa shape index (κ1) is 13.6. The maximum Gasteiger partial charge on any atom is 0.308 e. The summed E-state index contributed by atoms with van der Waals surface area (Å²) < 4.78 is 6.07. The van der Waals surface area contributed by atoms with Crippen molar-refractivity contribution in [2.24, 2.45) is 0 Å². The van der Waals surface area contributed by atoms with E-state index in [0.29, 0.717) is 21.1 Å². The molecule has 6 heteroatoms. The van der Waals surface area contributed by atoms with E-state index >= 15 is 0 Å². The van der Waals surface area contributed by atoms with Crippen molar-refractivity contribution in [3.63, 3.8) is 0 Å². The van der Waals surface area contributed by atoms with Crippen LogP contribution in [0.4, 0.5) is 0 Å². The van der Waals surface area contributed by atoms with Crippen LogP contribution in [-0.4, -0.2) is 22.7 Å². The Bertz CT molecular complexity index is 364. The van der Waals surface area contributed by atoms with Crippen molar-refractivity contribution in [3.05, 3.63) is 26.9 Å². The molecule has 0 aromatic carbocycles. The molecule has 0 bridgehead atoms. The van der Waals surface area contributed by atoms with Gasteiger partial charge in [-0.15, -0.1) is 0 Å². The van der Waals surface area contributed by atoms with E-state index in [2.05, 4.69) is 36.8 Å². The van der Waals surface area contributed by atoms with Gasteiger partial charge in [-0.2, -0.15) is 0 Å². The van der Waals surface area contributed by atoms with Crippen LogP contribution < -0.4 is 0 Å². The van der Waals surface area contributed by atoms with Gasteiger partial charge in [0.2, 0.25) is 0 Å². The first-order chi connectivity index (χ1) is 7.56. The van der Waals surface area contributed by atoms with E-state index in [9.17, 15) is 9.90 Å². The number of carbonyl (C=O) groups is 1. The first-order valence-electron chi connectivity index (χ1n) is 4.68. The average molecular weight is 353 g/mol. The van der Waals surface area contributed by atoms with E-state index < -0.39 is 12.1 Å². The summed E-state index contributed by atoms with van der Waals surface area (Å²) in [5.74, 6) is -0.425. The number of carbonyl (C=O) groups excluding carboxylic acids is 1. The third-order valence-corrected chi connectivity index (χ3v) is 3.15. The van der Waals surface area contributed by atoms with Crippen molar-refractivity contribution < 1.29 is 14.6 Å². The number of aromatic nitrogens is 1. The third-order valence-electron chi connectivity index (χ3n) is 1.89. The van der Waals surface area contributed by atoms with Crippen LogP contribution in [0.15, 0.2) is 21.3 Å². The number of halogens is 2. The monoisotopic (exact) mass is 351 g/mol. The van der Waals surface area contributed by atoms with Crippen molar-refractivity contribution in [2.75, 3.05) is 6.61 Å². The Labute approximate surface area is 110 Å². The van der Waals surface area contributed by atoms with Crippen LogP contribution in [0, 0.1) is 0 Å². The molecule has 4 nitrogen and oxygen atoms in total. The number of esters is 1. The number of pyridine rings is 1. The second kappa shape index (κ2) is 6.32. The third kappa shape index (κ3) is 3.54. The highest BCUT2D eigenvalue weighted by molar-refractivity contribution is 9.11. The smallest absolute Gasteiger partial charge is 0.308 e. The molecular formula is C10H11Br2NO3. The molecule has 0 radical (unpaired) electrons. The van der Waals surface area contributed by atoms with Crippen molar-refractivity contribution in [3.8, 4) is 0 Å². The quantitative estimate of drug-likeness (QED) is 0.846. The van der Waals surface area contributed by atoms with Crippen LogP contribution in [0.5, 0.6) is 0 Å². The summed E-state index contributed by atoms with van der Waals surface area (Å²) in [5, 5.41) is 9.89. The van der Waals surface area contributed by atoms with E-state index in [1.165, 1.54) is 0 Å². The predicted molar refractivity (Wildman–Crippen MR) is 65.8 cm³/mol. The van der Waals surface area contributed by atoms with E-state index in [4.69, 9.17) is 4.74 Å². The molecule has 1 aromatic heterocycles. The maximum atomic E-state index is 11.2. The molecule has 16 heavy (non-hydrogen) atoms. The lowest BCUT2D eigenvalue weighted by Crippen LogP contribution is -2.11. The maximum absolute atomic E-state index is 11.2. The molecule has 0 fully saturated rings. The molecule has 0 spiro atoms. The molecule has 0 aliphatic rings. The van der Waals surface area contributed by atoms with Gasteiger partial charge in [-0.05, 0) is 38.8 Å². The van der Waals surface area contributed by atoms with Gasteiger partial charge < -0.3 is 9.84 Å². The fraction of sp³-hybridized carbons (Fsp3) is 0.400. The number of rotatable bonds is 4. The van der Waals surface area contributed by atoms with Gasteiger partial charge in [-0.1, -0.05) is 0 Å². The Hall–Kier alpha value is -0.460. The summed E-state index contributed by atoms with van der Waals surface area (Å²) in [5.41, 5.74) is 0.600. The Morgan fingerprint density at radius 2 is 2.06 bits per heavy atom. The summed E-state index contributed by atoms with van der Waals surface area (Å²) in [4.78, 5) is 15.1. The van der Waals surface area contributed by atoms with Gasteiger partial charge in [0.05, 0.1) is 19.1 Å². The van der Waals surface area contributed by atoms with Gasteiger partial charge in [0.1, 0.15) is 0 Å². The summed E-state index contributed by atoms with van der Waals surface area (Å²) in [7, 11) is 0. The molecule has 0 aliphatic heterocycles. The van der Waals surface area contributed by atoms with Crippen molar-refractivity contribution >= 4 is 37.8 Å². The minimum atomic E-state index is -0.911. The zero-order chi connectivity index (χ0) is 12.1. The Balaban J connectivity index is 2.80. The molecule has 1 atom stereocenters. The Morgan fingerprint density at radius 3 is 2.56 bits per heavy atom. The first-order valence-corrected chi connectivity index (χ1v) is 6.27. The summed E-state index contributed by atoms with van der Waals surface area (Å²) in [6.45, 7) is 2.03. The van der Waals surface area contributed by atoms with Crippen LogP contribution in [0.3, 0.4) is 0 Å². The zero-order valence-electron chi connectivity index (χ0n) is 8.61. The van der Waals surface area contributed by atoms with Gasteiger partial charge in [-0.3, -0.25) is 9.78 Å². The fourth-order valence-electron chi connectivity index (χ4n) is 1.22. The zero-order valence-corrected chi connectivity index (χ0v) is 11.8. The van der Waals surface area contributed by atoms with Crippen molar-refractivity contribution in [1.29, 1.82) is 0 Å². The Kier molecular flexibility index (Phi) is 5.37. The lowest BCUT2D eigenvalue weighted by atomic mass is 10.1. The molecule has 1 unspecified atom stereocenters.